The number of esters is 1. The van der Waals surface area contributed by atoms with Crippen LogP contribution in [-0.4, -0.2) is 26.2 Å². The molecule has 1 heterocycles. The van der Waals surface area contributed by atoms with Gasteiger partial charge >= 0.3 is 5.97 Å². The standard InChI is InChI=1S/C17H20N2O4/c1-10-11(2)19-14(12(3)18-10)9-23-17(22)7-5-13-4-6-15(20)16(21)8-13/h4,6,8,20-21H,5,7,9H2,1-3H3. The Morgan fingerprint density at radius 2 is 1.74 bits per heavy atom. The first-order valence-corrected chi connectivity index (χ1v) is 7.34. The Morgan fingerprint density at radius 1 is 1.04 bits per heavy atom. The van der Waals surface area contributed by atoms with Gasteiger partial charge < -0.3 is 14.9 Å². The number of hydrogen-bond acceptors (Lipinski definition) is 6. The number of hydrogen-bond donors (Lipinski definition) is 2. The van der Waals surface area contributed by atoms with E-state index in [0.29, 0.717) is 12.1 Å². The van der Waals surface area contributed by atoms with Crippen molar-refractivity contribution in [1.29, 1.82) is 0 Å². The number of rotatable bonds is 5. The number of benzene rings is 1. The van der Waals surface area contributed by atoms with Gasteiger partial charge in [-0.1, -0.05) is 6.07 Å². The molecule has 0 aliphatic heterocycles. The molecule has 0 fully saturated rings. The van der Waals surface area contributed by atoms with Crippen molar-refractivity contribution in [2.45, 2.75) is 40.2 Å². The first-order chi connectivity index (χ1) is 10.9. The first kappa shape index (κ1) is 16.7. The Balaban J connectivity index is 1.88. The Morgan fingerprint density at radius 3 is 2.43 bits per heavy atom. The zero-order valence-electron chi connectivity index (χ0n) is 13.5. The lowest BCUT2D eigenvalue weighted by Gasteiger charge is -2.09. The van der Waals surface area contributed by atoms with Crippen LogP contribution >= 0.6 is 0 Å². The summed E-state index contributed by atoms with van der Waals surface area (Å²) in [6, 6.07) is 4.48. The van der Waals surface area contributed by atoms with Crippen molar-refractivity contribution < 1.29 is 19.7 Å². The molecule has 0 aliphatic rings. The van der Waals surface area contributed by atoms with Crippen LogP contribution in [0, 0.1) is 20.8 Å². The second kappa shape index (κ2) is 7.09. The molecule has 0 amide bonds. The third-order valence-electron chi connectivity index (χ3n) is 3.61. The van der Waals surface area contributed by atoms with Crippen LogP contribution < -0.4 is 0 Å². The molecular weight excluding hydrogens is 296 g/mol. The van der Waals surface area contributed by atoms with Gasteiger partial charge in [-0.05, 0) is 44.9 Å². The topological polar surface area (TPSA) is 92.5 Å². The summed E-state index contributed by atoms with van der Waals surface area (Å²) in [7, 11) is 0. The number of phenols is 2. The SMILES string of the molecule is Cc1nc(C)c(COC(=O)CCc2ccc(O)c(O)c2)nc1C. The van der Waals surface area contributed by atoms with Crippen molar-refractivity contribution >= 4 is 5.97 Å². The predicted molar refractivity (Wildman–Crippen MR) is 84.1 cm³/mol. The Labute approximate surface area is 134 Å². The maximum atomic E-state index is 11.8. The number of aromatic hydroxyl groups is 2. The highest BCUT2D eigenvalue weighted by molar-refractivity contribution is 5.69. The third kappa shape index (κ3) is 4.42. The molecular formula is C17H20N2O4. The zero-order valence-corrected chi connectivity index (χ0v) is 13.5. The quantitative estimate of drug-likeness (QED) is 0.650. The Bertz CT molecular complexity index is 729. The fraction of sp³-hybridized carbons (Fsp3) is 0.353. The normalized spacial score (nSPS) is 10.6. The molecule has 6 nitrogen and oxygen atoms in total. The summed E-state index contributed by atoms with van der Waals surface area (Å²) in [4.78, 5) is 20.6. The van der Waals surface area contributed by atoms with Crippen molar-refractivity contribution in [3.8, 4) is 11.5 Å². The molecule has 0 spiro atoms. The van der Waals surface area contributed by atoms with E-state index in [1.807, 2.05) is 20.8 Å². The van der Waals surface area contributed by atoms with Crippen LogP contribution in [0.3, 0.4) is 0 Å². The van der Waals surface area contributed by atoms with Gasteiger partial charge in [-0.15, -0.1) is 0 Å². The van der Waals surface area contributed by atoms with E-state index in [4.69, 9.17) is 4.74 Å². The van der Waals surface area contributed by atoms with Gasteiger partial charge in [0.15, 0.2) is 11.5 Å². The Hall–Kier alpha value is -2.63. The molecule has 6 heteroatoms. The molecule has 0 saturated carbocycles. The smallest absolute Gasteiger partial charge is 0.306 e. The van der Waals surface area contributed by atoms with Crippen molar-refractivity contribution in [3.63, 3.8) is 0 Å². The van der Waals surface area contributed by atoms with Crippen LogP contribution in [-0.2, 0) is 22.6 Å². The zero-order chi connectivity index (χ0) is 17.0. The van der Waals surface area contributed by atoms with Gasteiger partial charge in [0.1, 0.15) is 6.61 Å². The summed E-state index contributed by atoms with van der Waals surface area (Å²) in [5.41, 5.74) is 3.85. The largest absolute Gasteiger partial charge is 0.504 e. The van der Waals surface area contributed by atoms with Gasteiger partial charge in [-0.3, -0.25) is 14.8 Å². The molecule has 1 aromatic heterocycles. The minimum absolute atomic E-state index is 0.0968. The van der Waals surface area contributed by atoms with E-state index in [2.05, 4.69) is 9.97 Å². The van der Waals surface area contributed by atoms with Crippen molar-refractivity contribution in [3.05, 3.63) is 46.5 Å². The molecule has 0 bridgehead atoms. The van der Waals surface area contributed by atoms with Gasteiger partial charge in [-0.2, -0.15) is 0 Å². The van der Waals surface area contributed by atoms with E-state index in [0.717, 1.165) is 22.6 Å². The first-order valence-electron chi connectivity index (χ1n) is 7.34. The minimum atomic E-state index is -0.350. The highest BCUT2D eigenvalue weighted by atomic mass is 16.5. The summed E-state index contributed by atoms with van der Waals surface area (Å²) >= 11 is 0. The average Bonchev–Trinajstić information content (AvgIpc) is 2.50. The number of aromatic nitrogens is 2. The predicted octanol–water partition coefficient (Wildman–Crippen LogP) is 2.49. The minimum Gasteiger partial charge on any atom is -0.504 e. The van der Waals surface area contributed by atoms with Gasteiger partial charge in [0, 0.05) is 6.42 Å². The molecule has 0 saturated heterocycles. The highest BCUT2D eigenvalue weighted by Crippen LogP contribution is 2.25. The third-order valence-corrected chi connectivity index (χ3v) is 3.61. The molecule has 2 N–H and O–H groups in total. The number of carbonyl (C=O) groups is 1. The summed E-state index contributed by atoms with van der Waals surface area (Å²) in [6.07, 6.45) is 0.603. The van der Waals surface area contributed by atoms with E-state index in [9.17, 15) is 15.0 Å². The summed E-state index contributed by atoms with van der Waals surface area (Å²) in [6.45, 7) is 5.68. The van der Waals surface area contributed by atoms with Gasteiger partial charge in [0.05, 0.1) is 22.8 Å². The van der Waals surface area contributed by atoms with E-state index in [1.54, 1.807) is 6.07 Å². The lowest BCUT2D eigenvalue weighted by Crippen LogP contribution is -2.10. The average molecular weight is 316 g/mol. The van der Waals surface area contributed by atoms with Crippen LogP contribution in [0.1, 0.15) is 34.8 Å². The second-order valence-electron chi connectivity index (χ2n) is 5.41. The number of carbonyl (C=O) groups excluding carboxylic acids is 1. The monoisotopic (exact) mass is 316 g/mol. The molecule has 122 valence electrons. The van der Waals surface area contributed by atoms with E-state index in [-0.39, 0.29) is 30.5 Å². The molecule has 23 heavy (non-hydrogen) atoms. The molecule has 2 aromatic rings. The maximum Gasteiger partial charge on any atom is 0.306 e. The summed E-state index contributed by atoms with van der Waals surface area (Å²) in [5, 5.41) is 18.7. The fourth-order valence-electron chi connectivity index (χ4n) is 2.09. The molecule has 0 aliphatic carbocycles. The van der Waals surface area contributed by atoms with Crippen molar-refractivity contribution in [1.82, 2.24) is 9.97 Å². The lowest BCUT2D eigenvalue weighted by molar-refractivity contribution is -0.145. The van der Waals surface area contributed by atoms with Crippen LogP contribution in [0.4, 0.5) is 0 Å². The lowest BCUT2D eigenvalue weighted by atomic mass is 10.1. The van der Waals surface area contributed by atoms with Gasteiger partial charge in [-0.25, -0.2) is 0 Å². The molecule has 2 rings (SSSR count). The van der Waals surface area contributed by atoms with Gasteiger partial charge in [0.2, 0.25) is 0 Å². The van der Waals surface area contributed by atoms with E-state index >= 15 is 0 Å². The Kier molecular flexibility index (Phi) is 5.16. The summed E-state index contributed by atoms with van der Waals surface area (Å²) < 4.78 is 5.23. The highest BCUT2D eigenvalue weighted by Gasteiger charge is 2.10. The van der Waals surface area contributed by atoms with Crippen LogP contribution in [0.2, 0.25) is 0 Å². The van der Waals surface area contributed by atoms with E-state index < -0.39 is 0 Å². The number of ether oxygens (including phenoxy) is 1. The summed E-state index contributed by atoms with van der Waals surface area (Å²) in [5.74, 6) is -0.728. The number of phenolic OH excluding ortho intramolecular Hbond substituents is 2. The van der Waals surface area contributed by atoms with Crippen molar-refractivity contribution in [2.75, 3.05) is 0 Å². The number of aryl methyl sites for hydroxylation is 4. The number of nitrogens with zero attached hydrogens (tertiary/aromatic N) is 2. The fourth-order valence-corrected chi connectivity index (χ4v) is 2.09. The molecule has 0 atom stereocenters. The van der Waals surface area contributed by atoms with E-state index in [1.165, 1.54) is 12.1 Å². The van der Waals surface area contributed by atoms with Crippen molar-refractivity contribution in [2.24, 2.45) is 0 Å². The van der Waals surface area contributed by atoms with Gasteiger partial charge in [0.25, 0.3) is 0 Å². The maximum absolute atomic E-state index is 11.8. The second-order valence-corrected chi connectivity index (χ2v) is 5.41. The van der Waals surface area contributed by atoms with Crippen LogP contribution in [0.25, 0.3) is 0 Å². The molecule has 1 aromatic carbocycles. The molecule has 0 radical (unpaired) electrons. The molecule has 0 unspecified atom stereocenters. The van der Waals surface area contributed by atoms with Crippen LogP contribution in [0.15, 0.2) is 18.2 Å². The van der Waals surface area contributed by atoms with Crippen LogP contribution in [0.5, 0.6) is 11.5 Å².